The number of nitrogens with one attached hydrogen (secondary N) is 1. The van der Waals surface area contributed by atoms with Gasteiger partial charge in [0, 0.05) is 0 Å². The number of hydrogen-bond donors (Lipinski definition) is 3. The van der Waals surface area contributed by atoms with E-state index in [2.05, 4.69) is 20.4 Å². The maximum atomic E-state index is 13.2. The van der Waals surface area contributed by atoms with E-state index in [0.29, 0.717) is 22.8 Å². The van der Waals surface area contributed by atoms with Crippen molar-refractivity contribution < 1.29 is 70.9 Å². The summed E-state index contributed by atoms with van der Waals surface area (Å²) in [4.78, 5) is 8.00. The number of ether oxygens (including phenoxy) is 1. The van der Waals surface area contributed by atoms with Gasteiger partial charge in [0.05, 0.1) is 0 Å². The van der Waals surface area contributed by atoms with Crippen LogP contribution in [0.25, 0.3) is 0 Å². The molecule has 0 fully saturated rings. The third-order valence-corrected chi connectivity index (χ3v) is 20.6. The molecule has 8 nitrogen and oxygen atoms in total. The van der Waals surface area contributed by atoms with Gasteiger partial charge in [-0.05, 0) is 0 Å². The van der Waals surface area contributed by atoms with Crippen molar-refractivity contribution in [3.63, 3.8) is 0 Å². The van der Waals surface area contributed by atoms with E-state index in [4.69, 9.17) is 9.84 Å². The number of anilines is 2. The Hall–Kier alpha value is 0.573. The first-order valence-corrected chi connectivity index (χ1v) is 15.6. The molecule has 1 unspecified atom stereocenters. The monoisotopic (exact) mass is 711 g/mol. The Kier molecular flexibility index (Phi) is 8.36. The van der Waals surface area contributed by atoms with E-state index in [1.807, 2.05) is -1.57 Å². The summed E-state index contributed by atoms with van der Waals surface area (Å²) in [6.45, 7) is 1.26. The van der Waals surface area contributed by atoms with Crippen molar-refractivity contribution in [2.75, 3.05) is 11.9 Å². The van der Waals surface area contributed by atoms with Gasteiger partial charge in [-0.2, -0.15) is 0 Å². The predicted molar refractivity (Wildman–Crippen MR) is 95.9 cm³/mol. The Morgan fingerprint density at radius 2 is 2.17 bits per heavy atom. The second-order valence-electron chi connectivity index (χ2n) is 6.20. The molecule has 0 aliphatic heterocycles. The van der Waals surface area contributed by atoms with Crippen molar-refractivity contribution >= 4 is 79.0 Å². The van der Waals surface area contributed by atoms with Gasteiger partial charge in [0.1, 0.15) is 0 Å². The molecule has 3 heterocycles. The van der Waals surface area contributed by atoms with Gasteiger partial charge in [0.2, 0.25) is 0 Å². The summed E-state index contributed by atoms with van der Waals surface area (Å²) in [7, 11) is 0. The fraction of sp³-hybridized carbons (Fsp3) is 0.267. The fourth-order valence-electron chi connectivity index (χ4n) is 2.47. The standard InChI is InChI=1S/C15H12F3N5O3S.Ra.Rb.H/c1-7-12(4-20-23-7)26-11-2-8(15(16,17)18)3-19-13(11)22-14-21-9(6-27-14)10(25)5-24;;;/h2-3,6,10,24-25H,5H2,1H3,(H-,19,20,21,22,23);;;/q-1;;+1;. The average molecular weight is 712 g/mol. The van der Waals surface area contributed by atoms with E-state index < -0.39 is 24.5 Å². The first-order valence-electron chi connectivity index (χ1n) is 8.36. The molecule has 3 aromatic rings. The minimum absolute atomic E-state index is 0.0566. The van der Waals surface area contributed by atoms with E-state index in [0.717, 1.165) is 18.1 Å². The summed E-state index contributed by atoms with van der Waals surface area (Å²) in [5.74, 6) is 0.443. The minimum atomic E-state index is -4.57. The molecule has 0 saturated heterocycles. The van der Waals surface area contributed by atoms with Gasteiger partial charge in [0.15, 0.2) is 0 Å². The van der Waals surface area contributed by atoms with Crippen LogP contribution >= 0.6 is 11.3 Å². The van der Waals surface area contributed by atoms with Crippen molar-refractivity contribution in [1.82, 2.24) is 13.5 Å². The Labute approximate surface area is 236 Å². The van der Waals surface area contributed by atoms with Crippen molar-refractivity contribution in [2.24, 2.45) is 0 Å². The summed E-state index contributed by atoms with van der Waals surface area (Å²) in [6, 6.07) is 0.888. The Morgan fingerprint density at radius 1 is 1.45 bits per heavy atom. The number of hydrogen-bond acceptors (Lipinski definition) is 8. The van der Waals surface area contributed by atoms with Gasteiger partial charge in [-0.25, -0.2) is 0 Å². The van der Waals surface area contributed by atoms with E-state index in [9.17, 15) is 18.3 Å². The predicted octanol–water partition coefficient (Wildman–Crippen LogP) is 1.46. The second kappa shape index (κ2) is 10.0. The van der Waals surface area contributed by atoms with Crippen LogP contribution in [0.3, 0.4) is 0 Å². The molecular weight excluding hydrogens is 699 g/mol. The van der Waals surface area contributed by atoms with Gasteiger partial charge >= 0.3 is 241 Å². The Bertz CT molecular complexity index is 1030. The first-order chi connectivity index (χ1) is 13.6. The molecule has 3 aromatic heterocycles. The fourth-order valence-corrected chi connectivity index (χ4v) is 6.78. The van der Waals surface area contributed by atoms with Crippen molar-refractivity contribution in [2.45, 2.75) is 19.2 Å². The molecule has 0 amide bonds. The van der Waals surface area contributed by atoms with Crippen LogP contribution in [0.4, 0.5) is 24.1 Å². The zero-order chi connectivity index (χ0) is 21.3. The number of aliphatic hydroxyl groups excluding tert-OH is 2. The zero-order valence-electron chi connectivity index (χ0n) is 15.7. The zero-order valence-corrected chi connectivity index (χ0v) is 29.6. The summed E-state index contributed by atoms with van der Waals surface area (Å²) >= 11 is 1.08. The first kappa shape index (κ1) is 24.2. The van der Waals surface area contributed by atoms with Gasteiger partial charge < -0.3 is 0 Å². The number of alkyl halides is 3. The number of aliphatic hydroxyl groups is 2. The number of aryl methyl sites for hydroxylation is 1. The van der Waals surface area contributed by atoms with Crippen molar-refractivity contribution in [1.29, 1.82) is 0 Å². The SMILES string of the molecule is Cc1n[n]([Rb])[c]([RaH])c1Oc1cc(C(F)(F)F)cnc1Nc1nc(C(O)CO)cs1. The van der Waals surface area contributed by atoms with Crippen LogP contribution in [-0.2, 0) is 6.18 Å². The van der Waals surface area contributed by atoms with E-state index in [1.165, 1.54) is 5.38 Å². The van der Waals surface area contributed by atoms with Crippen molar-refractivity contribution in [3.8, 4) is 11.5 Å². The van der Waals surface area contributed by atoms with Crippen LogP contribution in [-0.4, -0.2) is 86.3 Å². The topological polar surface area (TPSA) is 105 Å². The molecule has 0 aliphatic carbocycles. The number of rotatable bonds is 6. The van der Waals surface area contributed by atoms with E-state index in [1.54, 1.807) is 6.92 Å². The van der Waals surface area contributed by atoms with Crippen LogP contribution in [0.15, 0.2) is 17.6 Å². The van der Waals surface area contributed by atoms with Crippen LogP contribution in [0.2, 0.25) is 0 Å². The quantitative estimate of drug-likeness (QED) is 0.356. The molecule has 29 heavy (non-hydrogen) atoms. The van der Waals surface area contributed by atoms with Crippen LogP contribution in [0.5, 0.6) is 11.5 Å². The molecule has 146 valence electrons. The van der Waals surface area contributed by atoms with Crippen LogP contribution in [0.1, 0.15) is 23.1 Å². The molecule has 14 heteroatoms. The molecular formula is C15H13F3N5O3RaRbS. The number of thiazole rings is 1. The average Bonchev–Trinajstić information content (AvgIpc) is 3.21. The number of nitrogens with zero attached hydrogens (tertiary/aromatic N) is 4. The Balaban J connectivity index is 1.98. The van der Waals surface area contributed by atoms with Crippen molar-refractivity contribution in [3.05, 3.63) is 34.6 Å². The number of aromatic nitrogens is 4. The summed E-state index contributed by atoms with van der Waals surface area (Å²) in [6.07, 6.45) is -5.00. The molecule has 1 atom stereocenters. The third-order valence-electron chi connectivity index (χ3n) is 4.10. The molecule has 0 spiro atoms. The van der Waals surface area contributed by atoms with E-state index >= 15 is 0 Å². The van der Waals surface area contributed by atoms with Gasteiger partial charge in [-0.15, -0.1) is 0 Å². The third kappa shape index (κ3) is 5.88. The maximum absolute atomic E-state index is 13.2. The van der Waals surface area contributed by atoms with Gasteiger partial charge in [0.25, 0.3) is 0 Å². The molecule has 3 N–H and O–H groups in total. The summed E-state index contributed by atoms with van der Waals surface area (Å²) in [5, 5.41) is 27.7. The summed E-state index contributed by atoms with van der Waals surface area (Å²) in [5.41, 5.74) is -0.0670. The molecule has 0 radical (unpaired) electrons. The molecule has 0 bridgehead atoms. The van der Waals surface area contributed by atoms with Crippen LogP contribution < -0.4 is 10.8 Å². The Morgan fingerprint density at radius 3 is 2.76 bits per heavy atom. The van der Waals surface area contributed by atoms with E-state index in [-0.39, 0.29) is 116 Å². The molecule has 3 rings (SSSR count). The van der Waals surface area contributed by atoms with Crippen LogP contribution in [0, 0.1) is 49.7 Å². The second-order valence-corrected chi connectivity index (χ2v) is 13.0. The number of halogens is 3. The molecule has 0 aromatic carbocycles. The molecule has 0 aliphatic rings. The summed E-state index contributed by atoms with van der Waals surface area (Å²) < 4.78 is 48.2. The normalized spacial score (nSPS) is 12.8. The molecule has 0 saturated carbocycles. The van der Waals surface area contributed by atoms with Gasteiger partial charge in [-0.1, -0.05) is 0 Å². The van der Waals surface area contributed by atoms with Gasteiger partial charge in [-0.3, -0.25) is 0 Å². The number of pyridine rings is 1.